The summed E-state index contributed by atoms with van der Waals surface area (Å²) in [5.41, 5.74) is 0. The molecule has 0 unspecified atom stereocenters. The molecule has 0 radical (unpaired) electrons. The highest BCUT2D eigenvalue weighted by Crippen LogP contribution is 2.21. The van der Waals surface area contributed by atoms with Gasteiger partial charge in [-0.15, -0.1) is 0 Å². The molecular formula is C21H42O5. The van der Waals surface area contributed by atoms with Crippen LogP contribution in [0.3, 0.4) is 0 Å². The molecule has 1 rings (SSSR count). The minimum Gasteiger partial charge on any atom is -0.394 e. The van der Waals surface area contributed by atoms with E-state index in [9.17, 15) is 10.2 Å². The molecule has 0 spiro atoms. The second-order valence-electron chi connectivity index (χ2n) is 7.69. The molecule has 0 saturated carbocycles. The zero-order valence-corrected chi connectivity index (χ0v) is 16.8. The fourth-order valence-corrected chi connectivity index (χ4v) is 3.51. The van der Waals surface area contributed by atoms with Gasteiger partial charge in [0.15, 0.2) is 6.29 Å². The predicted molar refractivity (Wildman–Crippen MR) is 104 cm³/mol. The van der Waals surface area contributed by atoms with Crippen LogP contribution in [0.1, 0.15) is 96.8 Å². The summed E-state index contributed by atoms with van der Waals surface area (Å²) in [7, 11) is 0. The molecule has 5 nitrogen and oxygen atoms in total. The van der Waals surface area contributed by atoms with Crippen LogP contribution in [-0.2, 0) is 9.47 Å². The fraction of sp³-hybridized carbons (Fsp3) is 1.00. The first-order chi connectivity index (χ1) is 12.7. The van der Waals surface area contributed by atoms with Crippen LogP contribution in [-0.4, -0.2) is 53.1 Å². The monoisotopic (exact) mass is 374 g/mol. The van der Waals surface area contributed by atoms with E-state index in [0.717, 1.165) is 12.8 Å². The first kappa shape index (κ1) is 23.8. The predicted octanol–water partition coefficient (Wildman–Crippen LogP) is 3.92. The molecule has 4 atom stereocenters. The Morgan fingerprint density at radius 1 is 0.808 bits per heavy atom. The molecule has 1 saturated heterocycles. The Balaban J connectivity index is 1.85. The summed E-state index contributed by atoms with van der Waals surface area (Å²) in [6, 6.07) is 0. The Morgan fingerprint density at radius 3 is 1.81 bits per heavy atom. The number of rotatable bonds is 16. The Hall–Kier alpha value is -0.200. The number of aliphatic hydroxyl groups is 3. The Morgan fingerprint density at radius 2 is 1.31 bits per heavy atom. The lowest BCUT2D eigenvalue weighted by molar-refractivity contribution is -0.256. The first-order valence-electron chi connectivity index (χ1n) is 10.9. The van der Waals surface area contributed by atoms with Gasteiger partial charge < -0.3 is 24.8 Å². The largest absolute Gasteiger partial charge is 0.394 e. The highest BCUT2D eigenvalue weighted by Gasteiger charge is 2.36. The van der Waals surface area contributed by atoms with Crippen LogP contribution < -0.4 is 0 Å². The molecule has 0 aromatic rings. The Labute approximate surface area is 160 Å². The zero-order chi connectivity index (χ0) is 19.0. The molecule has 26 heavy (non-hydrogen) atoms. The normalized spacial score (nSPS) is 26.3. The number of hydrogen-bond donors (Lipinski definition) is 3. The van der Waals surface area contributed by atoms with E-state index in [2.05, 4.69) is 6.92 Å². The number of hydrogen-bond acceptors (Lipinski definition) is 5. The summed E-state index contributed by atoms with van der Waals surface area (Å²) in [5, 5.41) is 28.5. The van der Waals surface area contributed by atoms with Gasteiger partial charge in [-0.2, -0.15) is 0 Å². The molecule has 0 aromatic heterocycles. The molecule has 0 bridgehead atoms. The summed E-state index contributed by atoms with van der Waals surface area (Å²) in [4.78, 5) is 0. The smallest absolute Gasteiger partial charge is 0.160 e. The highest BCUT2D eigenvalue weighted by molar-refractivity contribution is 4.82. The summed E-state index contributed by atoms with van der Waals surface area (Å²) in [6.07, 6.45) is 14.2. The average molecular weight is 375 g/mol. The van der Waals surface area contributed by atoms with Gasteiger partial charge in [-0.3, -0.25) is 0 Å². The van der Waals surface area contributed by atoms with E-state index in [-0.39, 0.29) is 13.0 Å². The lowest BCUT2D eigenvalue weighted by atomic mass is 10.0. The molecule has 5 heteroatoms. The number of unbranched alkanes of at least 4 members (excludes halogenated alkanes) is 12. The Kier molecular flexibility index (Phi) is 14.5. The average Bonchev–Trinajstić information content (AvgIpc) is 2.64. The van der Waals surface area contributed by atoms with Crippen molar-refractivity contribution in [3.8, 4) is 0 Å². The van der Waals surface area contributed by atoms with Crippen LogP contribution in [0.15, 0.2) is 0 Å². The Bertz CT molecular complexity index is 313. The minimum absolute atomic E-state index is 0.260. The van der Waals surface area contributed by atoms with Crippen molar-refractivity contribution in [3.63, 3.8) is 0 Å². The summed E-state index contributed by atoms with van der Waals surface area (Å²) in [5.74, 6) is 0. The van der Waals surface area contributed by atoms with E-state index in [0.29, 0.717) is 6.61 Å². The first-order valence-corrected chi connectivity index (χ1v) is 10.9. The maximum absolute atomic E-state index is 9.74. The van der Waals surface area contributed by atoms with Gasteiger partial charge in [0.2, 0.25) is 0 Å². The van der Waals surface area contributed by atoms with E-state index in [1.165, 1.54) is 70.6 Å². The van der Waals surface area contributed by atoms with Gasteiger partial charge in [0, 0.05) is 13.0 Å². The number of aliphatic hydroxyl groups excluding tert-OH is 3. The summed E-state index contributed by atoms with van der Waals surface area (Å²) < 4.78 is 11.1. The third-order valence-corrected chi connectivity index (χ3v) is 5.27. The molecule has 156 valence electrons. The third kappa shape index (κ3) is 10.8. The van der Waals surface area contributed by atoms with E-state index in [1.807, 2.05) is 0 Å². The fourth-order valence-electron chi connectivity index (χ4n) is 3.51. The highest BCUT2D eigenvalue weighted by atomic mass is 16.7. The second-order valence-corrected chi connectivity index (χ2v) is 7.69. The topological polar surface area (TPSA) is 79.2 Å². The van der Waals surface area contributed by atoms with Crippen LogP contribution in [0.2, 0.25) is 0 Å². The lowest BCUT2D eigenvalue weighted by Crippen LogP contribution is -2.50. The molecule has 1 aliphatic rings. The van der Waals surface area contributed by atoms with E-state index in [1.54, 1.807) is 0 Å². The van der Waals surface area contributed by atoms with Crippen molar-refractivity contribution in [2.75, 3.05) is 13.2 Å². The van der Waals surface area contributed by atoms with Gasteiger partial charge >= 0.3 is 0 Å². The van der Waals surface area contributed by atoms with Crippen molar-refractivity contribution in [1.29, 1.82) is 0 Å². The van der Waals surface area contributed by atoms with Gasteiger partial charge in [0.25, 0.3) is 0 Å². The summed E-state index contributed by atoms with van der Waals surface area (Å²) in [6.45, 7) is 2.55. The molecule has 1 heterocycles. The van der Waals surface area contributed by atoms with Crippen LogP contribution in [0, 0.1) is 0 Å². The van der Waals surface area contributed by atoms with E-state index in [4.69, 9.17) is 14.6 Å². The van der Waals surface area contributed by atoms with Crippen molar-refractivity contribution in [3.05, 3.63) is 0 Å². The second kappa shape index (κ2) is 15.8. The molecule has 3 N–H and O–H groups in total. The van der Waals surface area contributed by atoms with Crippen LogP contribution in [0.5, 0.6) is 0 Å². The van der Waals surface area contributed by atoms with Gasteiger partial charge in [-0.05, 0) is 6.42 Å². The molecule has 1 fully saturated rings. The van der Waals surface area contributed by atoms with Crippen LogP contribution >= 0.6 is 0 Å². The van der Waals surface area contributed by atoms with Gasteiger partial charge in [0.05, 0.1) is 12.7 Å². The lowest BCUT2D eigenvalue weighted by Gasteiger charge is -2.36. The van der Waals surface area contributed by atoms with Crippen LogP contribution in [0.4, 0.5) is 0 Å². The third-order valence-electron chi connectivity index (χ3n) is 5.27. The van der Waals surface area contributed by atoms with Crippen LogP contribution in [0.25, 0.3) is 0 Å². The molecule has 0 aromatic carbocycles. The van der Waals surface area contributed by atoms with Crippen molar-refractivity contribution >= 4 is 0 Å². The quantitative estimate of drug-likeness (QED) is 0.357. The molecule has 1 aliphatic heterocycles. The minimum atomic E-state index is -1.03. The van der Waals surface area contributed by atoms with E-state index < -0.39 is 24.6 Å². The SMILES string of the molecule is CCCCCCCCCCCCCCCO[C@@H]1C[C@@H](O)[C@H](O)[C@@H](CO)O1. The van der Waals surface area contributed by atoms with E-state index >= 15 is 0 Å². The van der Waals surface area contributed by atoms with Gasteiger partial charge in [-0.1, -0.05) is 84.0 Å². The van der Waals surface area contributed by atoms with Crippen molar-refractivity contribution in [1.82, 2.24) is 0 Å². The maximum Gasteiger partial charge on any atom is 0.160 e. The maximum atomic E-state index is 9.74. The van der Waals surface area contributed by atoms with Crippen molar-refractivity contribution in [2.24, 2.45) is 0 Å². The molecule has 0 amide bonds. The van der Waals surface area contributed by atoms with Gasteiger partial charge in [-0.25, -0.2) is 0 Å². The number of ether oxygens (including phenoxy) is 2. The molecular weight excluding hydrogens is 332 g/mol. The molecule has 0 aliphatic carbocycles. The zero-order valence-electron chi connectivity index (χ0n) is 16.8. The van der Waals surface area contributed by atoms with Gasteiger partial charge in [0.1, 0.15) is 12.2 Å². The van der Waals surface area contributed by atoms with Crippen molar-refractivity contribution < 1.29 is 24.8 Å². The summed E-state index contributed by atoms with van der Waals surface area (Å²) >= 11 is 0. The van der Waals surface area contributed by atoms with Crippen molar-refractivity contribution in [2.45, 2.75) is 121 Å². The standard InChI is InChI=1S/C21H42O5/c1-2-3-4-5-6-7-8-9-10-11-12-13-14-15-25-20-16-18(23)21(24)19(17-22)26-20/h18-24H,2-17H2,1H3/t18-,19-,20+,21+/m1/s1.